The van der Waals surface area contributed by atoms with E-state index in [9.17, 15) is 18.8 Å². The molecule has 158 valence electrons. The van der Waals surface area contributed by atoms with Gasteiger partial charge in [0.25, 0.3) is 5.91 Å². The number of ether oxygens (including phenoxy) is 1. The maximum Gasteiger partial charge on any atom is 0.290 e. The molecule has 1 unspecified atom stereocenters. The van der Waals surface area contributed by atoms with E-state index < -0.39 is 17.6 Å². The van der Waals surface area contributed by atoms with Crippen molar-refractivity contribution in [2.24, 2.45) is 5.92 Å². The summed E-state index contributed by atoms with van der Waals surface area (Å²) in [5.74, 6) is -2.67. The summed E-state index contributed by atoms with van der Waals surface area (Å²) in [6.07, 6.45) is 1.41. The van der Waals surface area contributed by atoms with Gasteiger partial charge in [-0.25, -0.2) is 4.39 Å². The van der Waals surface area contributed by atoms with Crippen LogP contribution < -0.4 is 0 Å². The second-order valence-electron chi connectivity index (χ2n) is 7.61. The summed E-state index contributed by atoms with van der Waals surface area (Å²) in [7, 11) is 1.65. The maximum atomic E-state index is 13.0. The van der Waals surface area contributed by atoms with Gasteiger partial charge in [0.2, 0.25) is 11.7 Å². The van der Waals surface area contributed by atoms with Crippen LogP contribution >= 0.6 is 0 Å². The number of benzene rings is 1. The van der Waals surface area contributed by atoms with Crippen LogP contribution in [0.1, 0.15) is 12.0 Å². The second kappa shape index (κ2) is 9.93. The number of ketones is 1. The molecular formula is C21H28FN3O4. The average molecular weight is 405 g/mol. The van der Waals surface area contributed by atoms with Gasteiger partial charge in [-0.05, 0) is 30.5 Å². The summed E-state index contributed by atoms with van der Waals surface area (Å²) in [5.41, 5.74) is 0.994. The highest BCUT2D eigenvalue weighted by Gasteiger charge is 2.43. The molecule has 2 aliphatic heterocycles. The first kappa shape index (κ1) is 21.4. The Hall–Kier alpha value is -2.32. The van der Waals surface area contributed by atoms with Crippen LogP contribution in [0.5, 0.6) is 0 Å². The van der Waals surface area contributed by atoms with Crippen molar-refractivity contribution in [3.8, 4) is 0 Å². The van der Waals surface area contributed by atoms with Crippen LogP contribution in [-0.2, 0) is 25.5 Å². The molecule has 1 aromatic rings. The van der Waals surface area contributed by atoms with Gasteiger partial charge in [0.1, 0.15) is 11.7 Å². The summed E-state index contributed by atoms with van der Waals surface area (Å²) in [5, 5.41) is 0. The van der Waals surface area contributed by atoms with Crippen molar-refractivity contribution in [3.63, 3.8) is 0 Å². The van der Waals surface area contributed by atoms with Gasteiger partial charge < -0.3 is 14.5 Å². The number of likely N-dealkylation sites (tertiary alicyclic amines) is 1. The van der Waals surface area contributed by atoms with E-state index in [1.807, 2.05) is 0 Å². The largest absolute Gasteiger partial charge is 0.379 e. The molecule has 0 aromatic heterocycles. The molecule has 29 heavy (non-hydrogen) atoms. The lowest BCUT2D eigenvalue weighted by molar-refractivity contribution is -0.144. The fraction of sp³-hybridized carbons (Fsp3) is 0.571. The van der Waals surface area contributed by atoms with Gasteiger partial charge in [0, 0.05) is 46.3 Å². The zero-order valence-electron chi connectivity index (χ0n) is 16.8. The zero-order valence-corrected chi connectivity index (χ0v) is 16.8. The van der Waals surface area contributed by atoms with Crippen molar-refractivity contribution in [1.82, 2.24) is 14.7 Å². The first-order chi connectivity index (χ1) is 14.0. The molecule has 2 amide bonds. The number of hydrogen-bond acceptors (Lipinski definition) is 5. The zero-order chi connectivity index (χ0) is 20.8. The van der Waals surface area contributed by atoms with Crippen LogP contribution in [0.15, 0.2) is 24.3 Å². The van der Waals surface area contributed by atoms with Gasteiger partial charge in [0.15, 0.2) is 0 Å². The van der Waals surface area contributed by atoms with Gasteiger partial charge in [0.05, 0.1) is 13.2 Å². The highest BCUT2D eigenvalue weighted by atomic mass is 19.1. The number of morpholine rings is 1. The van der Waals surface area contributed by atoms with E-state index in [4.69, 9.17) is 4.74 Å². The van der Waals surface area contributed by atoms with E-state index in [1.54, 1.807) is 19.2 Å². The molecule has 0 aliphatic carbocycles. The molecule has 0 bridgehead atoms. The van der Waals surface area contributed by atoms with E-state index in [0.29, 0.717) is 45.7 Å². The van der Waals surface area contributed by atoms with E-state index in [0.717, 1.165) is 18.7 Å². The van der Waals surface area contributed by atoms with Gasteiger partial charge in [-0.1, -0.05) is 12.1 Å². The molecule has 2 saturated heterocycles. The fourth-order valence-corrected chi connectivity index (χ4v) is 3.71. The van der Waals surface area contributed by atoms with Crippen LogP contribution in [0.25, 0.3) is 0 Å². The first-order valence-electron chi connectivity index (χ1n) is 10.1. The fourth-order valence-electron chi connectivity index (χ4n) is 3.71. The first-order valence-corrected chi connectivity index (χ1v) is 10.1. The van der Waals surface area contributed by atoms with Crippen molar-refractivity contribution >= 4 is 17.6 Å². The van der Waals surface area contributed by atoms with Gasteiger partial charge in [-0.3, -0.25) is 19.3 Å². The smallest absolute Gasteiger partial charge is 0.290 e. The normalized spacial score (nSPS) is 20.3. The minimum atomic E-state index is -0.914. The lowest BCUT2D eigenvalue weighted by atomic mass is 10.1. The van der Waals surface area contributed by atoms with E-state index >= 15 is 0 Å². The third kappa shape index (κ3) is 5.61. The van der Waals surface area contributed by atoms with Gasteiger partial charge >= 0.3 is 0 Å². The Kier molecular flexibility index (Phi) is 7.33. The number of nitrogens with zero attached hydrogens (tertiary/aromatic N) is 3. The number of amides is 2. The SMILES string of the molecule is CN(CCCc1ccc(F)cc1)C(=O)C1CN(CCN2CCOCC2)C(=O)C1=O. The summed E-state index contributed by atoms with van der Waals surface area (Å²) in [6.45, 7) is 4.74. The minimum Gasteiger partial charge on any atom is -0.379 e. The Morgan fingerprint density at radius 3 is 2.55 bits per heavy atom. The molecule has 2 heterocycles. The number of aryl methyl sites for hydroxylation is 1. The van der Waals surface area contributed by atoms with E-state index in [1.165, 1.54) is 21.9 Å². The Bertz CT molecular complexity index is 734. The predicted molar refractivity (Wildman–Crippen MR) is 105 cm³/mol. The Balaban J connectivity index is 1.45. The number of carbonyl (C=O) groups is 3. The molecule has 2 aliphatic rings. The van der Waals surface area contributed by atoms with Crippen LogP contribution in [0.3, 0.4) is 0 Å². The lowest BCUT2D eigenvalue weighted by Gasteiger charge is -2.28. The molecule has 3 rings (SSSR count). The quantitative estimate of drug-likeness (QED) is 0.467. The Morgan fingerprint density at radius 2 is 1.86 bits per heavy atom. The highest BCUT2D eigenvalue weighted by molar-refractivity contribution is 6.42. The van der Waals surface area contributed by atoms with E-state index in [-0.39, 0.29) is 18.3 Å². The molecule has 0 saturated carbocycles. The molecule has 0 radical (unpaired) electrons. The number of halogens is 1. The van der Waals surface area contributed by atoms with Crippen LogP contribution in [0.2, 0.25) is 0 Å². The van der Waals surface area contributed by atoms with Crippen molar-refractivity contribution < 1.29 is 23.5 Å². The number of Topliss-reactive ketones (excluding diaryl/α,β-unsaturated/α-hetero) is 1. The van der Waals surface area contributed by atoms with Crippen molar-refractivity contribution in [2.75, 3.05) is 59.5 Å². The predicted octanol–water partition coefficient (Wildman–Crippen LogP) is 0.576. The van der Waals surface area contributed by atoms with Crippen LogP contribution in [0, 0.1) is 11.7 Å². The number of hydrogen-bond donors (Lipinski definition) is 0. The molecule has 1 atom stereocenters. The Morgan fingerprint density at radius 1 is 1.17 bits per heavy atom. The topological polar surface area (TPSA) is 70.2 Å². The standard InChI is InChI=1S/C21H28FN3O4/c1-23(8-2-3-16-4-6-17(22)7-5-16)20(27)18-15-25(21(28)19(18)26)10-9-24-11-13-29-14-12-24/h4-7,18H,2-3,8-15H2,1H3. The minimum absolute atomic E-state index is 0.156. The van der Waals surface area contributed by atoms with E-state index in [2.05, 4.69) is 4.90 Å². The highest BCUT2D eigenvalue weighted by Crippen LogP contribution is 2.17. The van der Waals surface area contributed by atoms with Crippen molar-refractivity contribution in [1.29, 1.82) is 0 Å². The third-order valence-electron chi connectivity index (χ3n) is 5.55. The molecule has 0 N–H and O–H groups in total. The molecule has 0 spiro atoms. The average Bonchev–Trinajstić information content (AvgIpc) is 3.02. The summed E-state index contributed by atoms with van der Waals surface area (Å²) in [6, 6.07) is 6.28. The summed E-state index contributed by atoms with van der Waals surface area (Å²) >= 11 is 0. The Labute approximate surface area is 170 Å². The molecular weight excluding hydrogens is 377 g/mol. The maximum absolute atomic E-state index is 13.0. The molecule has 1 aromatic carbocycles. The molecule has 8 heteroatoms. The summed E-state index contributed by atoms with van der Waals surface area (Å²) in [4.78, 5) is 42.5. The van der Waals surface area contributed by atoms with Gasteiger partial charge in [-0.2, -0.15) is 0 Å². The number of rotatable bonds is 8. The van der Waals surface area contributed by atoms with Gasteiger partial charge in [-0.15, -0.1) is 0 Å². The molecule has 2 fully saturated rings. The van der Waals surface area contributed by atoms with Crippen LogP contribution in [0.4, 0.5) is 4.39 Å². The van der Waals surface area contributed by atoms with Crippen molar-refractivity contribution in [3.05, 3.63) is 35.6 Å². The lowest BCUT2D eigenvalue weighted by Crippen LogP contribution is -2.42. The number of carbonyl (C=O) groups excluding carboxylic acids is 3. The van der Waals surface area contributed by atoms with Crippen molar-refractivity contribution in [2.45, 2.75) is 12.8 Å². The monoisotopic (exact) mass is 405 g/mol. The van der Waals surface area contributed by atoms with Crippen LogP contribution in [-0.4, -0.2) is 91.8 Å². The summed E-state index contributed by atoms with van der Waals surface area (Å²) < 4.78 is 18.3. The third-order valence-corrected chi connectivity index (χ3v) is 5.55. The molecule has 7 nitrogen and oxygen atoms in total. The second-order valence-corrected chi connectivity index (χ2v) is 7.61.